The summed E-state index contributed by atoms with van der Waals surface area (Å²) in [5.74, 6) is 1.76. The van der Waals surface area contributed by atoms with Crippen LogP contribution in [0.1, 0.15) is 38.7 Å². The number of benzene rings is 1. The third-order valence-electron chi connectivity index (χ3n) is 4.89. The Morgan fingerprint density at radius 2 is 1.83 bits per heavy atom. The smallest absolute Gasteiger partial charge is 0.278 e. The lowest BCUT2D eigenvalue weighted by Gasteiger charge is -2.38. The number of rotatable bonds is 7. The molecule has 2 atom stereocenters. The summed E-state index contributed by atoms with van der Waals surface area (Å²) in [6, 6.07) is 6.73. The number of piperidine rings is 1. The molecule has 5 nitrogen and oxygen atoms in total. The molecule has 1 heterocycles. The molecule has 2 rings (SSSR count). The Kier molecular flexibility index (Phi) is 6.91. The highest BCUT2D eigenvalue weighted by atomic mass is 16.5. The second-order valence-electron chi connectivity index (χ2n) is 6.65. The van der Waals surface area contributed by atoms with Gasteiger partial charge in [0, 0.05) is 18.5 Å². The summed E-state index contributed by atoms with van der Waals surface area (Å²) in [5, 5.41) is 2.10. The number of ether oxygens (including phenoxy) is 2. The molecule has 1 amide bonds. The molecule has 0 spiro atoms. The number of likely N-dealkylation sites (tertiary alicyclic amines) is 1. The Labute approximate surface area is 145 Å². The van der Waals surface area contributed by atoms with Crippen molar-refractivity contribution >= 4 is 5.91 Å². The van der Waals surface area contributed by atoms with Crippen molar-refractivity contribution in [2.75, 3.05) is 27.3 Å². The van der Waals surface area contributed by atoms with Gasteiger partial charge in [0.1, 0.15) is 0 Å². The van der Waals surface area contributed by atoms with Crippen molar-refractivity contribution in [1.29, 1.82) is 0 Å². The first-order valence-electron chi connectivity index (χ1n) is 8.90. The number of nitrogens with zero attached hydrogens (tertiary/aromatic N) is 1. The van der Waals surface area contributed by atoms with Crippen LogP contribution in [0.3, 0.4) is 0 Å². The van der Waals surface area contributed by atoms with E-state index in [1.54, 1.807) is 14.2 Å². The number of amides is 1. The number of quaternary nitrogens is 1. The van der Waals surface area contributed by atoms with Crippen LogP contribution in [0, 0.1) is 0 Å². The van der Waals surface area contributed by atoms with Gasteiger partial charge in [0.2, 0.25) is 0 Å². The molecule has 1 fully saturated rings. The normalized spacial score (nSPS) is 20.8. The summed E-state index contributed by atoms with van der Waals surface area (Å²) in [4.78, 5) is 14.6. The van der Waals surface area contributed by atoms with E-state index in [0.29, 0.717) is 18.6 Å². The summed E-state index contributed by atoms with van der Waals surface area (Å²) in [6.07, 6.45) is 4.39. The number of carbonyl (C=O) groups excluding carboxylic acids is 1. The topological polar surface area (TPSA) is 55.4 Å². The van der Waals surface area contributed by atoms with Crippen molar-refractivity contribution in [3.8, 4) is 11.5 Å². The van der Waals surface area contributed by atoms with E-state index in [4.69, 9.17) is 9.47 Å². The molecule has 0 radical (unpaired) electrons. The number of nitrogens with two attached hydrogens (primary N) is 1. The molecule has 1 aromatic carbocycles. The first-order chi connectivity index (χ1) is 11.6. The molecular formula is C19H31N2O3+. The van der Waals surface area contributed by atoms with Gasteiger partial charge in [0.05, 0.1) is 20.8 Å². The molecule has 0 unspecified atom stereocenters. The summed E-state index contributed by atoms with van der Waals surface area (Å²) in [5.41, 5.74) is 1.19. The van der Waals surface area contributed by atoms with Gasteiger partial charge in [-0.15, -0.1) is 0 Å². The lowest BCUT2D eigenvalue weighted by Crippen LogP contribution is -2.87. The van der Waals surface area contributed by atoms with Crippen LogP contribution in [0.2, 0.25) is 0 Å². The molecule has 2 N–H and O–H groups in total. The van der Waals surface area contributed by atoms with Crippen LogP contribution in [0.25, 0.3) is 0 Å². The molecule has 0 aliphatic carbocycles. The van der Waals surface area contributed by atoms with Crippen LogP contribution in [0.15, 0.2) is 18.2 Å². The predicted octanol–water partition coefficient (Wildman–Crippen LogP) is 1.60. The maximum absolute atomic E-state index is 12.5. The maximum Gasteiger partial charge on any atom is 0.278 e. The minimum Gasteiger partial charge on any atom is -0.493 e. The van der Waals surface area contributed by atoms with Crippen LogP contribution < -0.4 is 14.8 Å². The molecule has 0 saturated carbocycles. The third-order valence-corrected chi connectivity index (χ3v) is 4.89. The zero-order valence-electron chi connectivity index (χ0n) is 15.4. The van der Waals surface area contributed by atoms with E-state index in [-0.39, 0.29) is 5.91 Å². The number of hydrogen-bond donors (Lipinski definition) is 1. The van der Waals surface area contributed by atoms with Gasteiger partial charge in [-0.3, -0.25) is 4.79 Å². The summed E-state index contributed by atoms with van der Waals surface area (Å²) in [7, 11) is 3.28. The zero-order chi connectivity index (χ0) is 17.5. The third kappa shape index (κ3) is 4.63. The lowest BCUT2D eigenvalue weighted by molar-refractivity contribution is -0.644. The minimum atomic E-state index is 0.266. The lowest BCUT2D eigenvalue weighted by atomic mass is 9.97. The van der Waals surface area contributed by atoms with Gasteiger partial charge in [-0.2, -0.15) is 0 Å². The molecule has 0 bridgehead atoms. The molecule has 1 aliphatic heterocycles. The van der Waals surface area contributed by atoms with Gasteiger partial charge in [-0.05, 0) is 50.8 Å². The Hall–Kier alpha value is -1.75. The molecular weight excluding hydrogens is 304 g/mol. The van der Waals surface area contributed by atoms with Crippen molar-refractivity contribution in [3.05, 3.63) is 23.8 Å². The Bertz CT molecular complexity index is 537. The molecule has 0 aromatic heterocycles. The van der Waals surface area contributed by atoms with Crippen LogP contribution in [-0.4, -0.2) is 50.2 Å². The number of carbonyl (C=O) groups is 1. The van der Waals surface area contributed by atoms with E-state index >= 15 is 0 Å². The largest absolute Gasteiger partial charge is 0.493 e. The van der Waals surface area contributed by atoms with E-state index in [1.807, 2.05) is 18.2 Å². The van der Waals surface area contributed by atoms with E-state index in [1.165, 1.54) is 12.0 Å². The van der Waals surface area contributed by atoms with Gasteiger partial charge in [0.25, 0.3) is 5.91 Å². The van der Waals surface area contributed by atoms with Gasteiger partial charge >= 0.3 is 0 Å². The van der Waals surface area contributed by atoms with E-state index in [0.717, 1.165) is 37.3 Å². The van der Waals surface area contributed by atoms with E-state index in [2.05, 4.69) is 24.1 Å². The molecule has 134 valence electrons. The predicted molar refractivity (Wildman–Crippen MR) is 94.5 cm³/mol. The summed E-state index contributed by atoms with van der Waals surface area (Å²) < 4.78 is 10.6. The Morgan fingerprint density at radius 3 is 2.46 bits per heavy atom. The highest BCUT2D eigenvalue weighted by molar-refractivity contribution is 5.77. The van der Waals surface area contributed by atoms with Gasteiger partial charge < -0.3 is 19.7 Å². The van der Waals surface area contributed by atoms with Gasteiger partial charge in [-0.1, -0.05) is 6.07 Å². The second-order valence-corrected chi connectivity index (χ2v) is 6.65. The van der Waals surface area contributed by atoms with Gasteiger partial charge in [-0.25, -0.2) is 0 Å². The molecule has 24 heavy (non-hydrogen) atoms. The highest BCUT2D eigenvalue weighted by Gasteiger charge is 2.29. The maximum atomic E-state index is 12.5. The minimum absolute atomic E-state index is 0.266. The Morgan fingerprint density at radius 1 is 1.17 bits per heavy atom. The van der Waals surface area contributed by atoms with E-state index < -0.39 is 0 Å². The van der Waals surface area contributed by atoms with Crippen molar-refractivity contribution in [3.63, 3.8) is 0 Å². The molecule has 1 saturated heterocycles. The summed E-state index contributed by atoms with van der Waals surface area (Å²) >= 11 is 0. The summed E-state index contributed by atoms with van der Waals surface area (Å²) in [6.45, 7) is 5.74. The van der Waals surface area contributed by atoms with Gasteiger partial charge in [0.15, 0.2) is 18.0 Å². The second kappa shape index (κ2) is 8.92. The first kappa shape index (κ1) is 18.6. The average Bonchev–Trinajstić information content (AvgIpc) is 2.58. The zero-order valence-corrected chi connectivity index (χ0v) is 15.4. The van der Waals surface area contributed by atoms with Crippen LogP contribution in [0.4, 0.5) is 0 Å². The van der Waals surface area contributed by atoms with Crippen molar-refractivity contribution in [2.24, 2.45) is 0 Å². The fourth-order valence-electron chi connectivity index (χ4n) is 3.55. The monoisotopic (exact) mass is 335 g/mol. The van der Waals surface area contributed by atoms with Crippen LogP contribution in [-0.2, 0) is 11.2 Å². The highest BCUT2D eigenvalue weighted by Crippen LogP contribution is 2.27. The number of hydrogen-bond acceptors (Lipinski definition) is 3. The van der Waals surface area contributed by atoms with Crippen molar-refractivity contribution in [2.45, 2.75) is 51.6 Å². The standard InChI is InChI=1S/C19H30N2O3/c1-14-6-5-7-15(2)21(14)19(22)13-20-11-10-16-8-9-17(23-3)18(12-16)24-4/h8-9,12,14-15,20H,5-7,10-11,13H2,1-4H3/p+1/t14-,15-/m0/s1. The van der Waals surface area contributed by atoms with Crippen molar-refractivity contribution in [1.82, 2.24) is 4.90 Å². The van der Waals surface area contributed by atoms with Crippen LogP contribution in [0.5, 0.6) is 11.5 Å². The molecule has 1 aromatic rings. The fourth-order valence-corrected chi connectivity index (χ4v) is 3.55. The number of methoxy groups -OCH3 is 2. The average molecular weight is 335 g/mol. The SMILES string of the molecule is COc1ccc(CC[NH2+]CC(=O)N2[C@@H](C)CCC[C@@H]2C)cc1OC. The van der Waals surface area contributed by atoms with E-state index in [9.17, 15) is 4.79 Å². The molecule has 5 heteroatoms. The Balaban J connectivity index is 1.79. The fraction of sp³-hybridized carbons (Fsp3) is 0.632. The van der Waals surface area contributed by atoms with Crippen molar-refractivity contribution < 1.29 is 19.6 Å². The van der Waals surface area contributed by atoms with Crippen LogP contribution >= 0.6 is 0 Å². The first-order valence-corrected chi connectivity index (χ1v) is 8.90. The quantitative estimate of drug-likeness (QED) is 0.770. The molecule has 1 aliphatic rings.